The maximum atomic E-state index is 10.3. The molecule has 1 nitrogen and oxygen atoms in total. The van der Waals surface area contributed by atoms with E-state index in [2.05, 4.69) is 18.2 Å². The highest BCUT2D eigenvalue weighted by Gasteiger charge is 2.13. The Morgan fingerprint density at radius 1 is 1.00 bits per heavy atom. The second kappa shape index (κ2) is 5.36. The average molecular weight is 273 g/mol. The molecule has 0 bridgehead atoms. The lowest BCUT2D eigenvalue weighted by Gasteiger charge is -2.12. The topological polar surface area (TPSA) is 20.2 Å². The van der Waals surface area contributed by atoms with Crippen molar-refractivity contribution in [3.8, 4) is 0 Å². The fourth-order valence-electron chi connectivity index (χ4n) is 2.78. The van der Waals surface area contributed by atoms with E-state index in [-0.39, 0.29) is 0 Å². The Balaban J connectivity index is 1.75. The van der Waals surface area contributed by atoms with Gasteiger partial charge in [-0.2, -0.15) is 0 Å². The van der Waals surface area contributed by atoms with Gasteiger partial charge in [-0.1, -0.05) is 41.9 Å². The van der Waals surface area contributed by atoms with Crippen LogP contribution in [0.2, 0.25) is 5.02 Å². The third-order valence-corrected chi connectivity index (χ3v) is 4.10. The summed E-state index contributed by atoms with van der Waals surface area (Å²) in [7, 11) is 0. The molecule has 1 aliphatic carbocycles. The van der Waals surface area contributed by atoms with Crippen LogP contribution in [0.1, 0.15) is 34.8 Å². The van der Waals surface area contributed by atoms with Gasteiger partial charge in [-0.15, -0.1) is 0 Å². The summed E-state index contributed by atoms with van der Waals surface area (Å²) < 4.78 is 0. The zero-order chi connectivity index (χ0) is 13.2. The maximum Gasteiger partial charge on any atom is 0.0830 e. The normalized spacial score (nSPS) is 15.3. The molecule has 3 rings (SSSR count). The molecule has 1 aliphatic rings. The van der Waals surface area contributed by atoms with Crippen LogP contribution in [0.3, 0.4) is 0 Å². The van der Waals surface area contributed by atoms with Crippen molar-refractivity contribution in [2.75, 3.05) is 0 Å². The smallest absolute Gasteiger partial charge is 0.0830 e. The number of fused-ring (bicyclic) bond motifs is 1. The van der Waals surface area contributed by atoms with E-state index in [1.165, 1.54) is 36.0 Å². The third kappa shape index (κ3) is 2.83. The predicted molar refractivity (Wildman–Crippen MR) is 78.6 cm³/mol. The minimum atomic E-state index is -0.461. The molecule has 0 radical (unpaired) electrons. The molecule has 0 heterocycles. The SMILES string of the molecule is OC(Cc1ccc2c(c1)CCC2)c1ccc(Cl)cc1. The quantitative estimate of drug-likeness (QED) is 0.892. The van der Waals surface area contributed by atoms with Crippen LogP contribution in [0.5, 0.6) is 0 Å². The van der Waals surface area contributed by atoms with Gasteiger partial charge in [0.1, 0.15) is 0 Å². The van der Waals surface area contributed by atoms with Crippen LogP contribution in [-0.2, 0) is 19.3 Å². The van der Waals surface area contributed by atoms with E-state index >= 15 is 0 Å². The molecule has 19 heavy (non-hydrogen) atoms. The highest BCUT2D eigenvalue weighted by molar-refractivity contribution is 6.30. The van der Waals surface area contributed by atoms with Crippen molar-refractivity contribution in [3.63, 3.8) is 0 Å². The van der Waals surface area contributed by atoms with Gasteiger partial charge in [0.2, 0.25) is 0 Å². The Bertz CT molecular complexity index is 574. The molecule has 0 aliphatic heterocycles. The lowest BCUT2D eigenvalue weighted by molar-refractivity contribution is 0.178. The van der Waals surface area contributed by atoms with Crippen LogP contribution < -0.4 is 0 Å². The third-order valence-electron chi connectivity index (χ3n) is 3.85. The van der Waals surface area contributed by atoms with Crippen molar-refractivity contribution in [1.29, 1.82) is 0 Å². The zero-order valence-corrected chi connectivity index (χ0v) is 11.5. The summed E-state index contributed by atoms with van der Waals surface area (Å²) in [6.07, 6.45) is 3.85. The zero-order valence-electron chi connectivity index (χ0n) is 10.8. The number of aryl methyl sites for hydroxylation is 2. The number of hydrogen-bond donors (Lipinski definition) is 1. The van der Waals surface area contributed by atoms with Crippen molar-refractivity contribution in [1.82, 2.24) is 0 Å². The molecular formula is C17H17ClO. The van der Waals surface area contributed by atoms with Gasteiger partial charge in [-0.05, 0) is 53.6 Å². The van der Waals surface area contributed by atoms with Crippen molar-refractivity contribution in [2.24, 2.45) is 0 Å². The summed E-state index contributed by atoms with van der Waals surface area (Å²) >= 11 is 5.86. The minimum absolute atomic E-state index is 0.461. The molecule has 0 fully saturated rings. The van der Waals surface area contributed by atoms with E-state index in [1.54, 1.807) is 0 Å². The van der Waals surface area contributed by atoms with Crippen LogP contribution >= 0.6 is 11.6 Å². The Kier molecular flexibility index (Phi) is 3.58. The summed E-state index contributed by atoms with van der Waals surface area (Å²) in [6.45, 7) is 0. The van der Waals surface area contributed by atoms with Gasteiger partial charge >= 0.3 is 0 Å². The maximum absolute atomic E-state index is 10.3. The summed E-state index contributed by atoms with van der Waals surface area (Å²) in [5.74, 6) is 0. The Labute approximate surface area is 118 Å². The highest BCUT2D eigenvalue weighted by atomic mass is 35.5. The van der Waals surface area contributed by atoms with E-state index in [0.717, 1.165) is 5.56 Å². The van der Waals surface area contributed by atoms with E-state index in [9.17, 15) is 5.11 Å². The van der Waals surface area contributed by atoms with Crippen LogP contribution in [-0.4, -0.2) is 5.11 Å². The predicted octanol–water partition coefficient (Wildman–Crippen LogP) is 4.10. The molecule has 0 spiro atoms. The Morgan fingerprint density at radius 3 is 2.53 bits per heavy atom. The molecule has 0 aromatic heterocycles. The first-order valence-corrected chi connectivity index (χ1v) is 7.14. The average Bonchev–Trinajstić information content (AvgIpc) is 2.87. The van der Waals surface area contributed by atoms with Gasteiger partial charge in [0.05, 0.1) is 6.10 Å². The summed E-state index contributed by atoms with van der Waals surface area (Å²) in [4.78, 5) is 0. The van der Waals surface area contributed by atoms with Gasteiger partial charge in [-0.25, -0.2) is 0 Å². The van der Waals surface area contributed by atoms with E-state index < -0.39 is 6.10 Å². The second-order valence-corrected chi connectivity index (χ2v) is 5.66. The molecule has 2 aromatic rings. The summed E-state index contributed by atoms with van der Waals surface area (Å²) in [5, 5.41) is 11.0. The molecule has 2 aromatic carbocycles. The Morgan fingerprint density at radius 2 is 1.74 bits per heavy atom. The van der Waals surface area contributed by atoms with Crippen molar-refractivity contribution >= 4 is 11.6 Å². The molecule has 1 N–H and O–H groups in total. The van der Waals surface area contributed by atoms with Crippen LogP contribution in [0.25, 0.3) is 0 Å². The number of aliphatic hydroxyl groups excluding tert-OH is 1. The van der Waals surface area contributed by atoms with Gasteiger partial charge in [0.25, 0.3) is 0 Å². The second-order valence-electron chi connectivity index (χ2n) is 5.23. The van der Waals surface area contributed by atoms with Crippen molar-refractivity contribution < 1.29 is 5.11 Å². The standard InChI is InChI=1S/C17H17ClO/c18-16-8-6-14(7-9-16)17(19)11-12-4-5-13-2-1-3-15(13)10-12/h4-10,17,19H,1-3,11H2. The van der Waals surface area contributed by atoms with Gasteiger partial charge in [0.15, 0.2) is 0 Å². The van der Waals surface area contributed by atoms with Gasteiger partial charge in [-0.3, -0.25) is 0 Å². The number of aliphatic hydroxyl groups is 1. The lowest BCUT2D eigenvalue weighted by Crippen LogP contribution is -2.02. The molecule has 1 unspecified atom stereocenters. The summed E-state index contributed by atoms with van der Waals surface area (Å²) in [5.41, 5.74) is 5.07. The molecule has 2 heteroatoms. The first-order chi connectivity index (χ1) is 9.22. The number of benzene rings is 2. The fourth-order valence-corrected chi connectivity index (χ4v) is 2.90. The molecular weight excluding hydrogens is 256 g/mol. The van der Waals surface area contributed by atoms with E-state index in [0.29, 0.717) is 11.4 Å². The number of rotatable bonds is 3. The molecule has 0 saturated heterocycles. The molecule has 0 saturated carbocycles. The number of hydrogen-bond acceptors (Lipinski definition) is 1. The van der Waals surface area contributed by atoms with Crippen LogP contribution in [0.15, 0.2) is 42.5 Å². The Hall–Kier alpha value is -1.31. The first kappa shape index (κ1) is 12.7. The van der Waals surface area contributed by atoms with Gasteiger partial charge in [0, 0.05) is 11.4 Å². The van der Waals surface area contributed by atoms with E-state index in [1.807, 2.05) is 24.3 Å². The number of halogens is 1. The van der Waals surface area contributed by atoms with Crippen molar-refractivity contribution in [2.45, 2.75) is 31.8 Å². The molecule has 0 amide bonds. The van der Waals surface area contributed by atoms with E-state index in [4.69, 9.17) is 11.6 Å². The van der Waals surface area contributed by atoms with Gasteiger partial charge < -0.3 is 5.11 Å². The molecule has 1 atom stereocenters. The summed E-state index contributed by atoms with van der Waals surface area (Å²) in [6, 6.07) is 14.0. The first-order valence-electron chi connectivity index (χ1n) is 6.76. The monoisotopic (exact) mass is 272 g/mol. The minimum Gasteiger partial charge on any atom is -0.388 e. The van der Waals surface area contributed by atoms with Crippen molar-refractivity contribution in [3.05, 3.63) is 69.7 Å². The van der Waals surface area contributed by atoms with Crippen LogP contribution in [0.4, 0.5) is 0 Å². The largest absolute Gasteiger partial charge is 0.388 e. The lowest BCUT2D eigenvalue weighted by atomic mass is 9.98. The highest BCUT2D eigenvalue weighted by Crippen LogP contribution is 2.26. The fraction of sp³-hybridized carbons (Fsp3) is 0.294. The van der Waals surface area contributed by atoms with Crippen LogP contribution in [0, 0.1) is 0 Å². The molecule has 98 valence electrons.